The van der Waals surface area contributed by atoms with E-state index in [1.807, 2.05) is 7.05 Å². The normalized spacial score (nSPS) is 16.4. The Labute approximate surface area is 177 Å². The largest absolute Gasteiger partial charge is 0.416 e. The van der Waals surface area contributed by atoms with Crippen LogP contribution in [0, 0.1) is 0 Å². The second kappa shape index (κ2) is 7.47. The molecule has 0 atom stereocenters. The molecule has 4 rings (SSSR count). The monoisotopic (exact) mass is 457 g/mol. The molecule has 2 heterocycles. The number of rotatable bonds is 3. The number of benzene rings is 2. The highest BCUT2D eigenvalue weighted by molar-refractivity contribution is 7.90. The molecule has 0 amide bonds. The molecule has 1 saturated heterocycles. The van der Waals surface area contributed by atoms with Crippen LogP contribution in [0.4, 0.5) is 18.9 Å². The molecule has 0 aliphatic carbocycles. The fraction of sp³-hybridized carbons (Fsp3) is 0.300. The number of likely N-dealkylation sites (N-methyl/N-ethyl adjacent to an activating group) is 1. The third-order valence-corrected chi connectivity index (χ3v) is 7.18. The highest BCUT2D eigenvalue weighted by Crippen LogP contribution is 2.35. The fourth-order valence-corrected chi connectivity index (χ4v) is 5.17. The first-order chi connectivity index (χ1) is 14.1. The standard InChI is InChI=1S/C20H19ClF3N3O2S/c1-25-7-9-26(10-8-25)19-13-27(18-12-15(21)5-6-17(18)19)30(28,29)16-4-2-3-14(11-16)20(22,23)24/h2-6,11-13H,7-10H2,1H3. The summed E-state index contributed by atoms with van der Waals surface area (Å²) in [4.78, 5) is 3.82. The van der Waals surface area contributed by atoms with E-state index in [2.05, 4.69) is 9.80 Å². The Hall–Kier alpha value is -2.23. The fourth-order valence-electron chi connectivity index (χ4n) is 3.60. The second-order valence-electron chi connectivity index (χ2n) is 7.29. The summed E-state index contributed by atoms with van der Waals surface area (Å²) >= 11 is 6.11. The quantitative estimate of drug-likeness (QED) is 0.588. The summed E-state index contributed by atoms with van der Waals surface area (Å²) in [6.45, 7) is 3.06. The van der Waals surface area contributed by atoms with Crippen LogP contribution in [0.2, 0.25) is 5.02 Å². The van der Waals surface area contributed by atoms with Crippen molar-refractivity contribution < 1.29 is 21.6 Å². The lowest BCUT2D eigenvalue weighted by atomic mass is 10.2. The van der Waals surface area contributed by atoms with Crippen molar-refractivity contribution in [2.45, 2.75) is 11.1 Å². The Bertz CT molecular complexity index is 1200. The van der Waals surface area contributed by atoms with E-state index < -0.39 is 26.7 Å². The number of anilines is 1. The number of piperazine rings is 1. The van der Waals surface area contributed by atoms with Crippen molar-refractivity contribution in [1.29, 1.82) is 0 Å². The van der Waals surface area contributed by atoms with Crippen molar-refractivity contribution in [3.63, 3.8) is 0 Å². The van der Waals surface area contributed by atoms with E-state index in [1.54, 1.807) is 12.1 Å². The Morgan fingerprint density at radius 1 is 1.00 bits per heavy atom. The minimum absolute atomic E-state index is 0.328. The molecule has 0 radical (unpaired) electrons. The minimum Gasteiger partial charge on any atom is -0.367 e. The predicted octanol–water partition coefficient (Wildman–Crippen LogP) is 4.30. The van der Waals surface area contributed by atoms with Crippen molar-refractivity contribution in [2.24, 2.45) is 0 Å². The van der Waals surface area contributed by atoms with Crippen LogP contribution >= 0.6 is 11.6 Å². The van der Waals surface area contributed by atoms with Gasteiger partial charge in [0.25, 0.3) is 10.0 Å². The Morgan fingerprint density at radius 3 is 2.37 bits per heavy atom. The van der Waals surface area contributed by atoms with Crippen LogP contribution in [0.3, 0.4) is 0 Å². The molecule has 0 unspecified atom stereocenters. The van der Waals surface area contributed by atoms with E-state index in [0.717, 1.165) is 35.3 Å². The molecule has 1 aromatic heterocycles. The number of halogens is 4. The summed E-state index contributed by atoms with van der Waals surface area (Å²) in [5, 5.41) is 1.02. The maximum absolute atomic E-state index is 13.3. The summed E-state index contributed by atoms with van der Waals surface area (Å²) in [5.41, 5.74) is 0.0246. The van der Waals surface area contributed by atoms with Crippen LogP contribution in [0.15, 0.2) is 53.6 Å². The lowest BCUT2D eigenvalue weighted by molar-refractivity contribution is -0.137. The second-order valence-corrected chi connectivity index (χ2v) is 9.54. The molecule has 0 bridgehead atoms. The highest BCUT2D eigenvalue weighted by atomic mass is 35.5. The first kappa shape index (κ1) is 21.0. The number of alkyl halides is 3. The number of hydrogen-bond acceptors (Lipinski definition) is 4. The molecule has 0 N–H and O–H groups in total. The highest BCUT2D eigenvalue weighted by Gasteiger charge is 2.32. The summed E-state index contributed by atoms with van der Waals surface area (Å²) in [5.74, 6) is 0. The molecule has 5 nitrogen and oxygen atoms in total. The van der Waals surface area contributed by atoms with Crippen molar-refractivity contribution in [1.82, 2.24) is 8.87 Å². The Kier molecular flexibility index (Phi) is 5.24. The number of aromatic nitrogens is 1. The summed E-state index contributed by atoms with van der Waals surface area (Å²) in [6.07, 6.45) is -3.17. The van der Waals surface area contributed by atoms with Crippen LogP contribution in [-0.2, 0) is 16.2 Å². The van der Waals surface area contributed by atoms with Gasteiger partial charge in [-0.1, -0.05) is 17.7 Å². The molecule has 10 heteroatoms. The van der Waals surface area contributed by atoms with Gasteiger partial charge in [-0.15, -0.1) is 0 Å². The first-order valence-electron chi connectivity index (χ1n) is 9.24. The third-order valence-electron chi connectivity index (χ3n) is 5.27. The van der Waals surface area contributed by atoms with E-state index in [9.17, 15) is 21.6 Å². The van der Waals surface area contributed by atoms with Gasteiger partial charge in [-0.05, 0) is 43.4 Å². The van der Waals surface area contributed by atoms with E-state index in [1.165, 1.54) is 12.3 Å². The maximum Gasteiger partial charge on any atom is 0.416 e. The molecule has 160 valence electrons. The van der Waals surface area contributed by atoms with Gasteiger partial charge in [0.2, 0.25) is 0 Å². The Balaban J connectivity index is 1.87. The molecule has 1 aliphatic heterocycles. The lowest BCUT2D eigenvalue weighted by Crippen LogP contribution is -2.44. The van der Waals surface area contributed by atoms with Crippen LogP contribution in [-0.4, -0.2) is 50.5 Å². The van der Waals surface area contributed by atoms with Gasteiger partial charge in [0, 0.05) is 42.8 Å². The Morgan fingerprint density at radius 2 is 1.70 bits per heavy atom. The first-order valence-corrected chi connectivity index (χ1v) is 11.1. The third kappa shape index (κ3) is 3.77. The van der Waals surface area contributed by atoms with Crippen molar-refractivity contribution >= 4 is 38.2 Å². The van der Waals surface area contributed by atoms with Gasteiger partial charge >= 0.3 is 6.18 Å². The molecule has 30 heavy (non-hydrogen) atoms. The molecule has 1 fully saturated rings. The maximum atomic E-state index is 13.3. The summed E-state index contributed by atoms with van der Waals surface area (Å²) < 4.78 is 67.0. The zero-order valence-electron chi connectivity index (χ0n) is 16.0. The average molecular weight is 458 g/mol. The van der Waals surface area contributed by atoms with Gasteiger partial charge in [-0.3, -0.25) is 0 Å². The predicted molar refractivity (Wildman–Crippen MR) is 111 cm³/mol. The number of nitrogens with zero attached hydrogens (tertiary/aromatic N) is 3. The zero-order valence-corrected chi connectivity index (χ0v) is 17.6. The van der Waals surface area contributed by atoms with Gasteiger partial charge in [0.05, 0.1) is 21.7 Å². The van der Waals surface area contributed by atoms with Crippen LogP contribution in [0.5, 0.6) is 0 Å². The van der Waals surface area contributed by atoms with E-state index >= 15 is 0 Å². The zero-order chi connectivity index (χ0) is 21.7. The number of hydrogen-bond donors (Lipinski definition) is 0. The van der Waals surface area contributed by atoms with Gasteiger partial charge in [0.15, 0.2) is 0 Å². The smallest absolute Gasteiger partial charge is 0.367 e. The minimum atomic E-state index is -4.64. The van der Waals surface area contributed by atoms with Crippen molar-refractivity contribution in [3.05, 3.63) is 59.2 Å². The molecule has 1 aliphatic rings. The van der Waals surface area contributed by atoms with Crippen molar-refractivity contribution in [2.75, 3.05) is 38.1 Å². The SMILES string of the molecule is CN1CCN(c2cn(S(=O)(=O)c3cccc(C(F)(F)F)c3)c3cc(Cl)ccc23)CC1. The molecular formula is C20H19ClF3N3O2S. The van der Waals surface area contributed by atoms with Gasteiger partial charge in [-0.25, -0.2) is 12.4 Å². The summed E-state index contributed by atoms with van der Waals surface area (Å²) in [6, 6.07) is 8.68. The van der Waals surface area contributed by atoms with Gasteiger partial charge in [-0.2, -0.15) is 13.2 Å². The van der Waals surface area contributed by atoms with E-state index in [4.69, 9.17) is 11.6 Å². The lowest BCUT2D eigenvalue weighted by Gasteiger charge is -2.33. The molecule has 3 aromatic rings. The molecule has 2 aromatic carbocycles. The van der Waals surface area contributed by atoms with Gasteiger partial charge < -0.3 is 9.80 Å². The average Bonchev–Trinajstić information content (AvgIpc) is 3.07. The molecular weight excluding hydrogens is 439 g/mol. The summed E-state index contributed by atoms with van der Waals surface area (Å²) in [7, 11) is -2.26. The van der Waals surface area contributed by atoms with E-state index in [-0.39, 0.29) is 0 Å². The molecule has 0 saturated carbocycles. The van der Waals surface area contributed by atoms with Crippen molar-refractivity contribution in [3.8, 4) is 0 Å². The van der Waals surface area contributed by atoms with Gasteiger partial charge in [0.1, 0.15) is 0 Å². The van der Waals surface area contributed by atoms with Crippen LogP contribution in [0.1, 0.15) is 5.56 Å². The topological polar surface area (TPSA) is 45.5 Å². The molecule has 0 spiro atoms. The van der Waals surface area contributed by atoms with Crippen LogP contribution < -0.4 is 4.90 Å². The number of fused-ring (bicyclic) bond motifs is 1. The van der Waals surface area contributed by atoms with E-state index in [0.29, 0.717) is 40.8 Å². The van der Waals surface area contributed by atoms with Crippen LogP contribution in [0.25, 0.3) is 10.9 Å².